The lowest BCUT2D eigenvalue weighted by molar-refractivity contribution is -0.0260. The standard InChI is InChI=1S/C13H17ClO2S/c1-9-5-7-13(16-2,8-6-9)12(15)10-3-4-11(14)17-10/h3-4,9H,5-8H2,1-2H3. The van der Waals surface area contributed by atoms with Crippen molar-refractivity contribution in [3.63, 3.8) is 0 Å². The number of carbonyl (C=O) groups is 1. The van der Waals surface area contributed by atoms with Crippen LogP contribution < -0.4 is 0 Å². The highest BCUT2D eigenvalue weighted by Gasteiger charge is 2.42. The Morgan fingerprint density at radius 2 is 2.12 bits per heavy atom. The van der Waals surface area contributed by atoms with Crippen molar-refractivity contribution in [3.8, 4) is 0 Å². The Balaban J connectivity index is 2.21. The van der Waals surface area contributed by atoms with E-state index in [4.69, 9.17) is 16.3 Å². The first kappa shape index (κ1) is 13.1. The van der Waals surface area contributed by atoms with Gasteiger partial charge in [0, 0.05) is 7.11 Å². The molecule has 17 heavy (non-hydrogen) atoms. The summed E-state index contributed by atoms with van der Waals surface area (Å²) in [4.78, 5) is 13.2. The molecule has 0 saturated heterocycles. The molecule has 1 aromatic rings. The van der Waals surface area contributed by atoms with Gasteiger partial charge < -0.3 is 4.74 Å². The van der Waals surface area contributed by atoms with Gasteiger partial charge in [-0.3, -0.25) is 4.79 Å². The van der Waals surface area contributed by atoms with Crippen LogP contribution in [-0.2, 0) is 4.74 Å². The van der Waals surface area contributed by atoms with Crippen molar-refractivity contribution < 1.29 is 9.53 Å². The highest BCUT2D eigenvalue weighted by Crippen LogP contribution is 2.38. The maximum absolute atomic E-state index is 12.5. The normalized spacial score (nSPS) is 29.2. The number of halogens is 1. The van der Waals surface area contributed by atoms with Crippen LogP contribution in [0.15, 0.2) is 12.1 Å². The molecule has 1 fully saturated rings. The van der Waals surface area contributed by atoms with Crippen molar-refractivity contribution in [1.82, 2.24) is 0 Å². The van der Waals surface area contributed by atoms with Gasteiger partial charge in [-0.1, -0.05) is 18.5 Å². The third-order valence-electron chi connectivity index (χ3n) is 3.68. The van der Waals surface area contributed by atoms with Crippen molar-refractivity contribution in [3.05, 3.63) is 21.3 Å². The van der Waals surface area contributed by atoms with Crippen LogP contribution in [0.25, 0.3) is 0 Å². The van der Waals surface area contributed by atoms with Crippen LogP contribution in [0.1, 0.15) is 42.3 Å². The van der Waals surface area contributed by atoms with E-state index >= 15 is 0 Å². The summed E-state index contributed by atoms with van der Waals surface area (Å²) in [5, 5.41) is 0. The van der Waals surface area contributed by atoms with Gasteiger partial charge in [0.2, 0.25) is 5.78 Å². The Morgan fingerprint density at radius 3 is 2.59 bits per heavy atom. The van der Waals surface area contributed by atoms with E-state index in [2.05, 4.69) is 6.92 Å². The van der Waals surface area contributed by atoms with Gasteiger partial charge in [0.15, 0.2) is 0 Å². The highest BCUT2D eigenvalue weighted by molar-refractivity contribution is 7.18. The van der Waals surface area contributed by atoms with Crippen molar-refractivity contribution in [2.75, 3.05) is 7.11 Å². The number of hydrogen-bond acceptors (Lipinski definition) is 3. The van der Waals surface area contributed by atoms with Gasteiger partial charge in [-0.05, 0) is 43.7 Å². The van der Waals surface area contributed by atoms with Crippen LogP contribution in [0.2, 0.25) is 4.34 Å². The lowest BCUT2D eigenvalue weighted by Crippen LogP contribution is -2.43. The van der Waals surface area contributed by atoms with E-state index in [-0.39, 0.29) is 5.78 Å². The number of hydrogen-bond donors (Lipinski definition) is 0. The molecular formula is C13H17ClO2S. The monoisotopic (exact) mass is 272 g/mol. The zero-order valence-corrected chi connectivity index (χ0v) is 11.7. The lowest BCUT2D eigenvalue weighted by Gasteiger charge is -2.36. The minimum Gasteiger partial charge on any atom is -0.370 e. The number of carbonyl (C=O) groups excluding carboxylic acids is 1. The average molecular weight is 273 g/mol. The second-order valence-corrected chi connectivity index (χ2v) is 6.53. The molecule has 2 rings (SSSR count). The molecule has 1 heterocycles. The Bertz CT molecular complexity index is 405. The third kappa shape index (κ3) is 2.56. The Labute approximate surface area is 111 Å². The van der Waals surface area contributed by atoms with Crippen molar-refractivity contribution in [2.24, 2.45) is 5.92 Å². The molecule has 2 nitrogen and oxygen atoms in total. The summed E-state index contributed by atoms with van der Waals surface area (Å²) in [5.41, 5.74) is -0.610. The predicted molar refractivity (Wildman–Crippen MR) is 71.0 cm³/mol. The zero-order valence-electron chi connectivity index (χ0n) is 10.2. The van der Waals surface area contributed by atoms with E-state index < -0.39 is 5.60 Å². The molecule has 0 bridgehead atoms. The summed E-state index contributed by atoms with van der Waals surface area (Å²) < 4.78 is 6.22. The summed E-state index contributed by atoms with van der Waals surface area (Å²) in [6, 6.07) is 3.57. The average Bonchev–Trinajstić information content (AvgIpc) is 2.76. The molecule has 1 aliphatic carbocycles. The van der Waals surface area contributed by atoms with E-state index in [1.165, 1.54) is 11.3 Å². The summed E-state index contributed by atoms with van der Waals surface area (Å²) in [6.45, 7) is 2.23. The number of methoxy groups -OCH3 is 1. The number of thiophene rings is 1. The quantitative estimate of drug-likeness (QED) is 0.772. The molecule has 94 valence electrons. The summed E-state index contributed by atoms with van der Waals surface area (Å²) in [5.74, 6) is 0.793. The summed E-state index contributed by atoms with van der Waals surface area (Å²) in [7, 11) is 1.64. The molecule has 0 radical (unpaired) electrons. The van der Waals surface area contributed by atoms with Crippen LogP contribution in [-0.4, -0.2) is 18.5 Å². The second-order valence-electron chi connectivity index (χ2n) is 4.81. The molecule has 0 spiro atoms. The third-order valence-corrected chi connectivity index (χ3v) is 4.91. The van der Waals surface area contributed by atoms with E-state index in [0.29, 0.717) is 15.1 Å². The van der Waals surface area contributed by atoms with Crippen LogP contribution in [0.5, 0.6) is 0 Å². The Morgan fingerprint density at radius 1 is 1.47 bits per heavy atom. The molecule has 0 N–H and O–H groups in total. The fraction of sp³-hybridized carbons (Fsp3) is 0.615. The van der Waals surface area contributed by atoms with Crippen LogP contribution in [0, 0.1) is 5.92 Å². The molecule has 0 aliphatic heterocycles. The highest BCUT2D eigenvalue weighted by atomic mass is 35.5. The summed E-state index contributed by atoms with van der Waals surface area (Å²) >= 11 is 7.22. The van der Waals surface area contributed by atoms with Gasteiger partial charge in [-0.2, -0.15) is 0 Å². The zero-order chi connectivity index (χ0) is 12.5. The van der Waals surface area contributed by atoms with E-state index in [0.717, 1.165) is 25.7 Å². The van der Waals surface area contributed by atoms with Gasteiger partial charge in [-0.15, -0.1) is 11.3 Å². The first-order chi connectivity index (χ1) is 8.07. The van der Waals surface area contributed by atoms with Crippen molar-refractivity contribution in [1.29, 1.82) is 0 Å². The van der Waals surface area contributed by atoms with E-state index in [1.54, 1.807) is 19.2 Å². The van der Waals surface area contributed by atoms with E-state index in [9.17, 15) is 4.79 Å². The van der Waals surface area contributed by atoms with Crippen molar-refractivity contribution in [2.45, 2.75) is 38.2 Å². The van der Waals surface area contributed by atoms with Crippen LogP contribution in [0.4, 0.5) is 0 Å². The molecule has 0 atom stereocenters. The maximum Gasteiger partial charge on any atom is 0.204 e. The first-order valence-corrected chi connectivity index (χ1v) is 7.12. The Hall–Kier alpha value is -0.380. The fourth-order valence-corrected chi connectivity index (χ4v) is 3.49. The number of rotatable bonds is 3. The molecule has 1 aliphatic rings. The van der Waals surface area contributed by atoms with Crippen molar-refractivity contribution >= 4 is 28.7 Å². The maximum atomic E-state index is 12.5. The smallest absolute Gasteiger partial charge is 0.204 e. The lowest BCUT2D eigenvalue weighted by atomic mass is 9.77. The van der Waals surface area contributed by atoms with E-state index in [1.807, 2.05) is 0 Å². The number of ketones is 1. The Kier molecular flexibility index (Phi) is 3.91. The largest absolute Gasteiger partial charge is 0.370 e. The van der Waals surface area contributed by atoms with Crippen LogP contribution >= 0.6 is 22.9 Å². The van der Waals surface area contributed by atoms with Gasteiger partial charge in [-0.25, -0.2) is 0 Å². The van der Waals surface area contributed by atoms with Gasteiger partial charge >= 0.3 is 0 Å². The number of Topliss-reactive ketones (excluding diaryl/α,β-unsaturated/α-hetero) is 1. The van der Waals surface area contributed by atoms with Crippen LogP contribution in [0.3, 0.4) is 0 Å². The molecule has 1 aromatic heterocycles. The molecule has 1 saturated carbocycles. The van der Waals surface area contributed by atoms with Gasteiger partial charge in [0.05, 0.1) is 9.21 Å². The summed E-state index contributed by atoms with van der Waals surface area (Å²) in [6.07, 6.45) is 3.75. The fourth-order valence-electron chi connectivity index (χ4n) is 2.41. The molecular weight excluding hydrogens is 256 g/mol. The molecule has 4 heteroatoms. The molecule has 0 unspecified atom stereocenters. The second kappa shape index (κ2) is 5.09. The number of ether oxygens (including phenoxy) is 1. The van der Waals surface area contributed by atoms with Gasteiger partial charge in [0.25, 0.3) is 0 Å². The topological polar surface area (TPSA) is 26.3 Å². The first-order valence-electron chi connectivity index (χ1n) is 5.93. The SMILES string of the molecule is COC1(C(=O)c2ccc(Cl)s2)CCC(C)CC1. The predicted octanol–water partition coefficient (Wildman–Crippen LogP) is 4.18. The van der Waals surface area contributed by atoms with Gasteiger partial charge in [0.1, 0.15) is 5.60 Å². The minimum atomic E-state index is -0.610. The molecule has 0 amide bonds. The minimum absolute atomic E-state index is 0.101. The molecule has 0 aromatic carbocycles.